The van der Waals surface area contributed by atoms with Gasteiger partial charge in [0.25, 0.3) is 0 Å². The molecule has 2 aliphatic rings. The molecule has 1 saturated carbocycles. The molecule has 4 rings (SSSR count). The number of carbonyl (C=O) groups is 2. The van der Waals surface area contributed by atoms with E-state index in [1.165, 1.54) is 0 Å². The number of carboxylic acid groups (broad SMARTS) is 1. The number of fused-ring (bicyclic) bond motifs is 1. The molecule has 1 aliphatic carbocycles. The second-order valence-electron chi connectivity index (χ2n) is 6.74. The van der Waals surface area contributed by atoms with E-state index in [2.05, 4.69) is 15.3 Å². The van der Waals surface area contributed by atoms with E-state index in [4.69, 9.17) is 5.11 Å². The lowest BCUT2D eigenvalue weighted by Gasteiger charge is -2.33. The number of rotatable bonds is 3. The van der Waals surface area contributed by atoms with Crippen LogP contribution in [0.2, 0.25) is 0 Å². The van der Waals surface area contributed by atoms with Crippen LogP contribution in [-0.2, 0) is 4.79 Å². The molecule has 2 aromatic rings. The van der Waals surface area contributed by atoms with Gasteiger partial charge in [-0.15, -0.1) is 0 Å². The highest BCUT2D eigenvalue weighted by atomic mass is 19.1. The van der Waals surface area contributed by atoms with E-state index in [-0.39, 0.29) is 18.4 Å². The fraction of sp³-hybridized carbons (Fsp3) is 0.471. The number of alkyl halides is 1. The summed E-state index contributed by atoms with van der Waals surface area (Å²) in [6.07, 6.45) is 1.52. The summed E-state index contributed by atoms with van der Waals surface area (Å²) in [5.74, 6) is -0.0117. The highest BCUT2D eigenvalue weighted by Crippen LogP contribution is 2.36. The number of hydrogen-bond acceptors (Lipinski definition) is 3. The van der Waals surface area contributed by atoms with Crippen molar-refractivity contribution in [2.45, 2.75) is 31.4 Å². The van der Waals surface area contributed by atoms with E-state index in [0.29, 0.717) is 24.4 Å². The van der Waals surface area contributed by atoms with Crippen LogP contribution in [0.5, 0.6) is 0 Å². The molecule has 2 unspecified atom stereocenters. The Morgan fingerprint density at radius 1 is 1.36 bits per heavy atom. The van der Waals surface area contributed by atoms with Crippen molar-refractivity contribution in [3.8, 4) is 0 Å². The molecule has 132 valence electrons. The number of aromatic amines is 1. The Morgan fingerprint density at radius 2 is 2.16 bits per heavy atom. The van der Waals surface area contributed by atoms with Crippen LogP contribution in [0.4, 0.5) is 15.0 Å². The predicted octanol–water partition coefficient (Wildman–Crippen LogP) is 2.72. The highest BCUT2D eigenvalue weighted by molar-refractivity contribution is 5.94. The Labute approximate surface area is 143 Å². The number of H-pyrrole nitrogens is 1. The van der Waals surface area contributed by atoms with Gasteiger partial charge in [0.05, 0.1) is 6.54 Å². The summed E-state index contributed by atoms with van der Waals surface area (Å²) in [4.78, 5) is 31.6. The zero-order valence-electron chi connectivity index (χ0n) is 13.5. The van der Waals surface area contributed by atoms with Crippen molar-refractivity contribution in [2.24, 2.45) is 5.92 Å². The van der Waals surface area contributed by atoms with Gasteiger partial charge in [-0.05, 0) is 37.0 Å². The Hall–Kier alpha value is -2.64. The highest BCUT2D eigenvalue weighted by Gasteiger charge is 2.34. The third-order valence-corrected chi connectivity index (χ3v) is 4.97. The van der Waals surface area contributed by atoms with Crippen molar-refractivity contribution in [3.05, 3.63) is 23.9 Å². The van der Waals surface area contributed by atoms with E-state index < -0.39 is 18.2 Å². The van der Waals surface area contributed by atoms with Crippen LogP contribution < -0.4 is 5.32 Å². The molecule has 1 saturated heterocycles. The fourth-order valence-electron chi connectivity index (χ4n) is 3.44. The largest absolute Gasteiger partial charge is 0.465 e. The van der Waals surface area contributed by atoms with Gasteiger partial charge in [0.2, 0.25) is 5.91 Å². The normalized spacial score (nSPS) is 23.6. The van der Waals surface area contributed by atoms with Gasteiger partial charge < -0.3 is 20.3 Å². The zero-order chi connectivity index (χ0) is 17.6. The van der Waals surface area contributed by atoms with Gasteiger partial charge in [0.1, 0.15) is 17.6 Å². The summed E-state index contributed by atoms with van der Waals surface area (Å²) < 4.78 is 14.7. The van der Waals surface area contributed by atoms with Crippen LogP contribution in [0.1, 0.15) is 30.7 Å². The summed E-state index contributed by atoms with van der Waals surface area (Å²) in [6.45, 7) is 0.149. The first-order valence-electron chi connectivity index (χ1n) is 8.44. The number of halogens is 1. The van der Waals surface area contributed by atoms with Crippen molar-refractivity contribution in [3.63, 3.8) is 0 Å². The number of amides is 2. The molecule has 0 bridgehead atoms. The van der Waals surface area contributed by atoms with Crippen molar-refractivity contribution in [2.75, 3.05) is 18.4 Å². The van der Waals surface area contributed by atoms with Crippen LogP contribution in [0.25, 0.3) is 11.0 Å². The first kappa shape index (κ1) is 15.9. The van der Waals surface area contributed by atoms with E-state index in [1.807, 2.05) is 6.07 Å². The number of pyridine rings is 1. The summed E-state index contributed by atoms with van der Waals surface area (Å²) in [7, 11) is 0. The first-order chi connectivity index (χ1) is 12.0. The number of likely N-dealkylation sites (tertiary alicyclic amines) is 1. The standard InChI is InChI=1S/C17H19FN4O3/c18-13-8-22(17(24)25)6-4-10(13)12-7-14(21-16(23)9-1-2-9)20-15-11(12)3-5-19-15/h3,5,7,9-10,13H,1-2,4,6,8H2,(H,24,25)(H2,19,20,21,23). The lowest BCUT2D eigenvalue weighted by Crippen LogP contribution is -2.43. The second-order valence-corrected chi connectivity index (χ2v) is 6.74. The van der Waals surface area contributed by atoms with Crippen LogP contribution in [0.3, 0.4) is 0 Å². The molecule has 3 heterocycles. The van der Waals surface area contributed by atoms with Gasteiger partial charge >= 0.3 is 6.09 Å². The lowest BCUT2D eigenvalue weighted by molar-refractivity contribution is -0.117. The Kier molecular flexibility index (Phi) is 3.82. The van der Waals surface area contributed by atoms with Crippen molar-refractivity contribution >= 4 is 28.9 Å². The smallest absolute Gasteiger partial charge is 0.407 e. The Balaban J connectivity index is 1.64. The molecule has 7 nitrogen and oxygen atoms in total. The predicted molar refractivity (Wildman–Crippen MR) is 89.3 cm³/mol. The number of carbonyl (C=O) groups excluding carboxylic acids is 1. The maximum Gasteiger partial charge on any atom is 0.407 e. The minimum atomic E-state index is -1.29. The molecule has 8 heteroatoms. The maximum absolute atomic E-state index is 14.7. The molecular weight excluding hydrogens is 327 g/mol. The quantitative estimate of drug-likeness (QED) is 0.796. The third kappa shape index (κ3) is 3.04. The number of hydrogen-bond donors (Lipinski definition) is 3. The van der Waals surface area contributed by atoms with Gasteiger partial charge in [-0.1, -0.05) is 0 Å². The number of anilines is 1. The van der Waals surface area contributed by atoms with Gasteiger partial charge in [-0.2, -0.15) is 0 Å². The van der Waals surface area contributed by atoms with Crippen LogP contribution in [0, 0.1) is 5.92 Å². The molecule has 2 aromatic heterocycles. The summed E-state index contributed by atoms with van der Waals surface area (Å²) in [6, 6.07) is 3.56. The van der Waals surface area contributed by atoms with Gasteiger partial charge in [-0.3, -0.25) is 4.79 Å². The third-order valence-electron chi connectivity index (χ3n) is 4.97. The monoisotopic (exact) mass is 346 g/mol. The number of nitrogens with zero attached hydrogens (tertiary/aromatic N) is 2. The fourth-order valence-corrected chi connectivity index (χ4v) is 3.44. The molecule has 0 aromatic carbocycles. The minimum absolute atomic E-state index is 0.0531. The SMILES string of the molecule is O=C(Nc1cc(C2CCN(C(=O)O)CC2F)c2cc[nH]c2n1)C1CC1. The van der Waals surface area contributed by atoms with E-state index >= 15 is 0 Å². The summed E-state index contributed by atoms with van der Waals surface area (Å²) in [5, 5.41) is 12.7. The molecular formula is C17H19FN4O3. The van der Waals surface area contributed by atoms with Crippen molar-refractivity contribution in [1.82, 2.24) is 14.9 Å². The number of piperidine rings is 1. The molecule has 1 aliphatic heterocycles. The van der Waals surface area contributed by atoms with Crippen LogP contribution >= 0.6 is 0 Å². The maximum atomic E-state index is 14.7. The molecule has 0 spiro atoms. The topological polar surface area (TPSA) is 98.3 Å². The van der Waals surface area contributed by atoms with E-state index in [9.17, 15) is 14.0 Å². The first-order valence-corrected chi connectivity index (χ1v) is 8.44. The zero-order valence-corrected chi connectivity index (χ0v) is 13.5. The average Bonchev–Trinajstić information content (AvgIpc) is 3.32. The van der Waals surface area contributed by atoms with Gasteiger partial charge in [0, 0.05) is 30.0 Å². The van der Waals surface area contributed by atoms with E-state index in [1.54, 1.807) is 12.3 Å². The lowest BCUT2D eigenvalue weighted by atomic mass is 9.87. The number of aromatic nitrogens is 2. The van der Waals surface area contributed by atoms with Crippen LogP contribution in [-0.4, -0.2) is 51.2 Å². The average molecular weight is 346 g/mol. The minimum Gasteiger partial charge on any atom is -0.465 e. The molecule has 2 fully saturated rings. The second kappa shape index (κ2) is 6.02. The van der Waals surface area contributed by atoms with Crippen LogP contribution in [0.15, 0.2) is 18.3 Å². The van der Waals surface area contributed by atoms with Gasteiger partial charge in [-0.25, -0.2) is 14.2 Å². The van der Waals surface area contributed by atoms with Crippen molar-refractivity contribution in [1.29, 1.82) is 0 Å². The summed E-state index contributed by atoms with van der Waals surface area (Å²) in [5.41, 5.74) is 1.35. The summed E-state index contributed by atoms with van der Waals surface area (Å²) >= 11 is 0. The van der Waals surface area contributed by atoms with Crippen molar-refractivity contribution < 1.29 is 19.1 Å². The molecule has 2 amide bonds. The molecule has 0 radical (unpaired) electrons. The Morgan fingerprint density at radius 3 is 2.84 bits per heavy atom. The number of nitrogens with one attached hydrogen (secondary N) is 2. The van der Waals surface area contributed by atoms with Gasteiger partial charge in [0.15, 0.2) is 0 Å². The molecule has 3 N–H and O–H groups in total. The van der Waals surface area contributed by atoms with E-state index in [0.717, 1.165) is 28.7 Å². The molecule has 2 atom stereocenters. The Bertz CT molecular complexity index is 832. The molecule has 25 heavy (non-hydrogen) atoms.